The third kappa shape index (κ3) is 2.28. The number of aliphatic hydroxyl groups is 1. The van der Waals surface area contributed by atoms with Crippen molar-refractivity contribution >= 4 is 16.6 Å². The Kier molecular flexibility index (Phi) is 3.54. The molecule has 0 amide bonds. The van der Waals surface area contributed by atoms with Gasteiger partial charge in [0.1, 0.15) is 11.6 Å². The summed E-state index contributed by atoms with van der Waals surface area (Å²) in [6, 6.07) is 3.84. The van der Waals surface area contributed by atoms with E-state index in [1.54, 1.807) is 12.3 Å². The number of fused-ring (bicyclic) bond motifs is 1. The molecule has 0 radical (unpaired) electrons. The van der Waals surface area contributed by atoms with Crippen LogP contribution in [0.5, 0.6) is 0 Å². The van der Waals surface area contributed by atoms with Crippen LogP contribution >= 0.6 is 0 Å². The molecule has 2 N–H and O–H groups in total. The number of rotatable bonds is 2. The molecular formula is C18H20N4O2. The molecule has 1 aliphatic heterocycles. The minimum absolute atomic E-state index is 0.155. The summed E-state index contributed by atoms with van der Waals surface area (Å²) < 4.78 is 0. The molecule has 1 saturated carbocycles. The Morgan fingerprint density at radius 2 is 2.08 bits per heavy atom. The summed E-state index contributed by atoms with van der Waals surface area (Å²) >= 11 is 0. The highest BCUT2D eigenvalue weighted by Gasteiger charge is 2.40. The molecule has 2 aromatic heterocycles. The van der Waals surface area contributed by atoms with Gasteiger partial charge in [-0.05, 0) is 37.2 Å². The zero-order chi connectivity index (χ0) is 16.7. The van der Waals surface area contributed by atoms with E-state index in [-0.39, 0.29) is 17.7 Å². The molecule has 3 heterocycles. The standard InChI is InChI=1S/C18H20N4O2/c19-9-14-16(22-6-4-18(5-7-22)2-1-3-18)13-8-12(11-23)20-10-15(13)21-17(14)24/h8,10,23H,1-7,11H2,(H,21,24). The van der Waals surface area contributed by atoms with Gasteiger partial charge in [-0.1, -0.05) is 6.42 Å². The highest BCUT2D eigenvalue weighted by molar-refractivity contribution is 5.94. The van der Waals surface area contributed by atoms with Crippen molar-refractivity contribution < 1.29 is 5.11 Å². The Morgan fingerprint density at radius 3 is 2.67 bits per heavy atom. The lowest BCUT2D eigenvalue weighted by molar-refractivity contribution is 0.0956. The first-order valence-corrected chi connectivity index (χ1v) is 8.47. The Labute approximate surface area is 139 Å². The van der Waals surface area contributed by atoms with E-state index in [0.717, 1.165) is 31.3 Å². The molecule has 6 nitrogen and oxygen atoms in total. The fraction of sp³-hybridized carbons (Fsp3) is 0.500. The monoisotopic (exact) mass is 324 g/mol. The van der Waals surface area contributed by atoms with Gasteiger partial charge in [0, 0.05) is 18.5 Å². The second-order valence-corrected chi connectivity index (χ2v) is 7.01. The molecule has 0 aromatic carbocycles. The van der Waals surface area contributed by atoms with Gasteiger partial charge in [0.2, 0.25) is 0 Å². The first kappa shape index (κ1) is 15.2. The normalized spacial score (nSPS) is 19.2. The van der Waals surface area contributed by atoms with Crippen LogP contribution in [0, 0.1) is 16.7 Å². The van der Waals surface area contributed by atoms with Gasteiger partial charge in [-0.2, -0.15) is 5.26 Å². The third-order valence-corrected chi connectivity index (χ3v) is 5.76. The van der Waals surface area contributed by atoms with E-state index in [1.165, 1.54) is 19.3 Å². The fourth-order valence-corrected chi connectivity index (χ4v) is 4.12. The summed E-state index contributed by atoms with van der Waals surface area (Å²) in [5.74, 6) is 0. The second kappa shape index (κ2) is 5.60. The predicted molar refractivity (Wildman–Crippen MR) is 90.7 cm³/mol. The Hall–Kier alpha value is -2.39. The highest BCUT2D eigenvalue weighted by atomic mass is 16.3. The van der Waals surface area contributed by atoms with E-state index in [1.807, 2.05) is 0 Å². The maximum atomic E-state index is 12.3. The van der Waals surface area contributed by atoms with Crippen LogP contribution < -0.4 is 10.5 Å². The van der Waals surface area contributed by atoms with Gasteiger partial charge in [0.25, 0.3) is 5.56 Å². The highest BCUT2D eigenvalue weighted by Crippen LogP contribution is 2.49. The van der Waals surface area contributed by atoms with Crippen molar-refractivity contribution in [3.05, 3.63) is 33.9 Å². The minimum Gasteiger partial charge on any atom is -0.390 e. The molecular weight excluding hydrogens is 304 g/mol. The first-order valence-electron chi connectivity index (χ1n) is 8.47. The number of piperidine rings is 1. The number of nitriles is 1. The summed E-state index contributed by atoms with van der Waals surface area (Å²) in [5.41, 5.74) is 2.12. The fourth-order valence-electron chi connectivity index (χ4n) is 4.12. The third-order valence-electron chi connectivity index (χ3n) is 5.76. The molecule has 2 fully saturated rings. The van der Waals surface area contributed by atoms with Gasteiger partial charge in [-0.3, -0.25) is 9.78 Å². The van der Waals surface area contributed by atoms with E-state index < -0.39 is 0 Å². The average molecular weight is 324 g/mol. The van der Waals surface area contributed by atoms with Crippen molar-refractivity contribution in [2.75, 3.05) is 18.0 Å². The van der Waals surface area contributed by atoms with Crippen LogP contribution in [-0.4, -0.2) is 28.2 Å². The number of aliphatic hydroxyl groups excluding tert-OH is 1. The van der Waals surface area contributed by atoms with Crippen LogP contribution in [0.3, 0.4) is 0 Å². The Balaban J connectivity index is 1.83. The summed E-state index contributed by atoms with van der Waals surface area (Å²) in [5, 5.41) is 19.7. The molecule has 6 heteroatoms. The molecule has 1 aliphatic carbocycles. The summed E-state index contributed by atoms with van der Waals surface area (Å²) in [6.07, 6.45) is 7.72. The van der Waals surface area contributed by atoms with E-state index in [0.29, 0.717) is 22.3 Å². The van der Waals surface area contributed by atoms with Crippen LogP contribution in [0.15, 0.2) is 17.1 Å². The van der Waals surface area contributed by atoms with E-state index in [9.17, 15) is 15.2 Å². The molecule has 4 rings (SSSR count). The molecule has 0 atom stereocenters. The second-order valence-electron chi connectivity index (χ2n) is 7.01. The molecule has 0 unspecified atom stereocenters. The zero-order valence-corrected chi connectivity index (χ0v) is 13.5. The van der Waals surface area contributed by atoms with Gasteiger partial charge in [-0.25, -0.2) is 0 Å². The van der Waals surface area contributed by atoms with Gasteiger partial charge in [0.05, 0.1) is 29.7 Å². The van der Waals surface area contributed by atoms with Crippen LogP contribution in [0.4, 0.5) is 5.69 Å². The van der Waals surface area contributed by atoms with Crippen LogP contribution in [0.1, 0.15) is 43.4 Å². The number of hydrogen-bond donors (Lipinski definition) is 2. The van der Waals surface area contributed by atoms with Crippen molar-refractivity contribution in [2.24, 2.45) is 5.41 Å². The van der Waals surface area contributed by atoms with Crippen molar-refractivity contribution in [3.63, 3.8) is 0 Å². The van der Waals surface area contributed by atoms with Gasteiger partial charge >= 0.3 is 0 Å². The van der Waals surface area contributed by atoms with Crippen molar-refractivity contribution in [1.29, 1.82) is 5.26 Å². The smallest absolute Gasteiger partial charge is 0.268 e. The molecule has 24 heavy (non-hydrogen) atoms. The molecule has 2 aromatic rings. The molecule has 1 saturated heterocycles. The van der Waals surface area contributed by atoms with Crippen LogP contribution in [-0.2, 0) is 6.61 Å². The SMILES string of the molecule is N#Cc1c(N2CCC3(CCC3)CC2)c2cc(CO)ncc2[nH]c1=O. The number of nitrogens with zero attached hydrogens (tertiary/aromatic N) is 3. The Bertz CT molecular complexity index is 882. The van der Waals surface area contributed by atoms with Crippen LogP contribution in [0.25, 0.3) is 10.9 Å². The van der Waals surface area contributed by atoms with Gasteiger partial charge in [0.15, 0.2) is 0 Å². The molecule has 2 aliphatic rings. The minimum atomic E-state index is -0.373. The number of nitrogens with one attached hydrogen (secondary N) is 1. The number of H-pyrrole nitrogens is 1. The maximum absolute atomic E-state index is 12.3. The van der Waals surface area contributed by atoms with Crippen molar-refractivity contribution in [1.82, 2.24) is 9.97 Å². The topological polar surface area (TPSA) is 93.0 Å². The maximum Gasteiger partial charge on any atom is 0.268 e. The number of aromatic nitrogens is 2. The summed E-state index contributed by atoms with van der Waals surface area (Å²) in [7, 11) is 0. The zero-order valence-electron chi connectivity index (χ0n) is 13.5. The first-order chi connectivity index (χ1) is 11.7. The van der Waals surface area contributed by atoms with Crippen molar-refractivity contribution in [2.45, 2.75) is 38.7 Å². The van der Waals surface area contributed by atoms with Crippen LogP contribution in [0.2, 0.25) is 0 Å². The van der Waals surface area contributed by atoms with E-state index in [4.69, 9.17) is 0 Å². The lowest BCUT2D eigenvalue weighted by atomic mass is 9.63. The quantitative estimate of drug-likeness (QED) is 0.882. The lowest BCUT2D eigenvalue weighted by Gasteiger charge is -2.48. The summed E-state index contributed by atoms with van der Waals surface area (Å²) in [6.45, 7) is 1.56. The van der Waals surface area contributed by atoms with E-state index >= 15 is 0 Å². The molecule has 1 spiro atoms. The summed E-state index contributed by atoms with van der Waals surface area (Å²) in [4.78, 5) is 21.3. The van der Waals surface area contributed by atoms with E-state index in [2.05, 4.69) is 20.9 Å². The number of hydrogen-bond acceptors (Lipinski definition) is 5. The average Bonchev–Trinajstić information content (AvgIpc) is 2.59. The van der Waals surface area contributed by atoms with Crippen molar-refractivity contribution in [3.8, 4) is 6.07 Å². The number of pyridine rings is 2. The molecule has 0 bridgehead atoms. The number of aromatic amines is 1. The largest absolute Gasteiger partial charge is 0.390 e. The number of anilines is 1. The Morgan fingerprint density at radius 1 is 1.33 bits per heavy atom. The van der Waals surface area contributed by atoms with Gasteiger partial charge in [-0.15, -0.1) is 0 Å². The van der Waals surface area contributed by atoms with Gasteiger partial charge < -0.3 is 15.0 Å². The molecule has 124 valence electrons. The predicted octanol–water partition coefficient (Wildman–Crippen LogP) is 2.06. The lowest BCUT2D eigenvalue weighted by Crippen LogP contribution is -2.44.